The fourth-order valence-electron chi connectivity index (χ4n) is 9.86. The van der Waals surface area contributed by atoms with Crippen molar-refractivity contribution in [3.8, 4) is 16.9 Å². The first-order chi connectivity index (χ1) is 24.8. The smallest absolute Gasteiger partial charge is 0.245 e. The lowest BCUT2D eigenvalue weighted by atomic mass is 9.72. The molecule has 1 saturated carbocycles. The number of ether oxygens (including phenoxy) is 1. The van der Waals surface area contributed by atoms with Gasteiger partial charge in [0.05, 0.1) is 18.3 Å². The second-order valence-corrected chi connectivity index (χ2v) is 16.1. The summed E-state index contributed by atoms with van der Waals surface area (Å²) in [7, 11) is 0. The van der Waals surface area contributed by atoms with E-state index in [1.54, 1.807) is 0 Å². The molecule has 1 N–H and O–H groups in total. The number of nitrogens with zero attached hydrogens (tertiary/aromatic N) is 7. The van der Waals surface area contributed by atoms with Gasteiger partial charge in [-0.25, -0.2) is 4.98 Å². The number of hydrogen-bond acceptors (Lipinski definition) is 8. The molecule has 268 valence electrons. The third-order valence-electron chi connectivity index (χ3n) is 12.9. The molecule has 0 radical (unpaired) electrons. The molecule has 5 aliphatic rings. The van der Waals surface area contributed by atoms with Crippen molar-refractivity contribution in [2.45, 2.75) is 96.7 Å². The Morgan fingerprint density at radius 3 is 2.53 bits per heavy atom. The lowest BCUT2D eigenvalue weighted by Gasteiger charge is -2.54. The van der Waals surface area contributed by atoms with E-state index in [0.717, 1.165) is 91.4 Å². The first-order valence-corrected chi connectivity index (χ1v) is 19.4. The standard InChI is InChI=1S/C41H52N8O2/c1-6-28-13-10-26(5)49(28)29-21-47(22-29)40-43-37-31(39(44-40)46-17-15-41(16-18-46)23-48(24-41)34(50)7-2)19-30(27-11-12-27)36(38(37)51-8-3)35-25(4)9-14-33-32(35)20-42-45-33/h7,9,14,19-20,26-29H,2,6,8,10-13,15-18,21-24H2,1,3-5H3,(H,42,45). The second-order valence-electron chi connectivity index (χ2n) is 16.1. The highest BCUT2D eigenvalue weighted by molar-refractivity contribution is 6.06. The van der Waals surface area contributed by atoms with Crippen molar-refractivity contribution in [2.75, 3.05) is 55.7 Å². The van der Waals surface area contributed by atoms with Crippen molar-refractivity contribution >= 4 is 39.5 Å². The Morgan fingerprint density at radius 2 is 1.82 bits per heavy atom. The van der Waals surface area contributed by atoms with Gasteiger partial charge in [-0.2, -0.15) is 10.1 Å². The predicted octanol–water partition coefficient (Wildman–Crippen LogP) is 6.82. The molecule has 51 heavy (non-hydrogen) atoms. The topological polar surface area (TPSA) is 93.7 Å². The summed E-state index contributed by atoms with van der Waals surface area (Å²) in [5.41, 5.74) is 7.04. The van der Waals surface area contributed by atoms with Crippen LogP contribution in [0.5, 0.6) is 5.75 Å². The van der Waals surface area contributed by atoms with Crippen LogP contribution >= 0.6 is 0 Å². The molecule has 4 saturated heterocycles. The number of rotatable bonds is 9. The molecule has 2 aromatic heterocycles. The Labute approximate surface area is 301 Å². The zero-order chi connectivity index (χ0) is 35.0. The monoisotopic (exact) mass is 688 g/mol. The highest BCUT2D eigenvalue weighted by Gasteiger charge is 2.47. The van der Waals surface area contributed by atoms with Crippen molar-refractivity contribution < 1.29 is 9.53 Å². The van der Waals surface area contributed by atoms with Gasteiger partial charge in [0.15, 0.2) is 5.75 Å². The molecule has 9 rings (SSSR count). The third-order valence-corrected chi connectivity index (χ3v) is 12.9. The predicted molar refractivity (Wildman–Crippen MR) is 204 cm³/mol. The second kappa shape index (κ2) is 12.5. The third kappa shape index (κ3) is 5.39. The molecule has 10 heteroatoms. The molecule has 5 fully saturated rings. The minimum Gasteiger partial charge on any atom is -0.491 e. The van der Waals surface area contributed by atoms with Crippen LogP contribution in [0.4, 0.5) is 11.8 Å². The normalized spacial score (nSPS) is 23.6. The number of H-pyrrole nitrogens is 1. The highest BCUT2D eigenvalue weighted by Crippen LogP contribution is 2.53. The van der Waals surface area contributed by atoms with Gasteiger partial charge in [-0.1, -0.05) is 19.6 Å². The number of carbonyl (C=O) groups excluding carboxylic acids is 1. The molecular formula is C41H52N8O2. The van der Waals surface area contributed by atoms with Gasteiger partial charge in [0.2, 0.25) is 11.9 Å². The lowest BCUT2D eigenvalue weighted by molar-refractivity contribution is -0.139. The van der Waals surface area contributed by atoms with Gasteiger partial charge in [-0.15, -0.1) is 0 Å². The van der Waals surface area contributed by atoms with Crippen LogP contribution in [-0.2, 0) is 4.79 Å². The quantitative estimate of drug-likeness (QED) is 0.192. The number of carbonyl (C=O) groups is 1. The van der Waals surface area contributed by atoms with Crippen LogP contribution in [0, 0.1) is 12.3 Å². The molecule has 10 nitrogen and oxygen atoms in total. The van der Waals surface area contributed by atoms with Crippen molar-refractivity contribution in [3.05, 3.63) is 48.2 Å². The van der Waals surface area contributed by atoms with Crippen LogP contribution in [0.25, 0.3) is 32.9 Å². The number of amides is 1. The van der Waals surface area contributed by atoms with Gasteiger partial charge in [0.1, 0.15) is 11.3 Å². The van der Waals surface area contributed by atoms with E-state index < -0.39 is 0 Å². The molecule has 1 spiro atoms. The number of aryl methyl sites for hydroxylation is 1. The Bertz CT molecular complexity index is 2000. The van der Waals surface area contributed by atoms with E-state index in [9.17, 15) is 4.79 Å². The van der Waals surface area contributed by atoms with Crippen LogP contribution in [0.15, 0.2) is 37.1 Å². The molecule has 4 aromatic rings. The number of fused-ring (bicyclic) bond motifs is 2. The zero-order valence-corrected chi connectivity index (χ0v) is 30.7. The molecule has 1 amide bonds. The fraction of sp³-hybridized carbons (Fsp3) is 0.561. The van der Waals surface area contributed by atoms with Crippen LogP contribution in [0.3, 0.4) is 0 Å². The number of aromatic nitrogens is 4. The number of piperidine rings is 1. The van der Waals surface area contributed by atoms with Crippen LogP contribution < -0.4 is 14.5 Å². The van der Waals surface area contributed by atoms with Gasteiger partial charge in [0.25, 0.3) is 0 Å². The van der Waals surface area contributed by atoms with E-state index in [-0.39, 0.29) is 11.3 Å². The SMILES string of the molecule is C=CC(=O)N1CC2(CCN(c3nc(N4CC(N5C(C)CCC5CC)C4)nc4c(OCC)c(-c5c(C)ccc6[nH]ncc56)c(C5CC5)cc34)CC2)C1. The van der Waals surface area contributed by atoms with Crippen molar-refractivity contribution in [1.29, 1.82) is 0 Å². The lowest BCUT2D eigenvalue weighted by Crippen LogP contribution is -2.62. The van der Waals surface area contributed by atoms with Crippen molar-refractivity contribution in [3.63, 3.8) is 0 Å². The molecule has 2 atom stereocenters. The first-order valence-electron chi connectivity index (χ1n) is 19.4. The number of anilines is 2. The van der Waals surface area contributed by atoms with E-state index in [0.29, 0.717) is 30.7 Å². The van der Waals surface area contributed by atoms with Gasteiger partial charge >= 0.3 is 0 Å². The van der Waals surface area contributed by atoms with Gasteiger partial charge in [-0.3, -0.25) is 14.8 Å². The Balaban J connectivity index is 1.16. The Kier molecular flexibility index (Phi) is 8.02. The van der Waals surface area contributed by atoms with E-state index in [1.807, 2.05) is 11.1 Å². The minimum absolute atomic E-state index is 0.0455. The minimum atomic E-state index is 0.0455. The Hall–Kier alpha value is -4.18. The van der Waals surface area contributed by atoms with E-state index in [4.69, 9.17) is 14.7 Å². The summed E-state index contributed by atoms with van der Waals surface area (Å²) in [5.74, 6) is 3.24. The maximum atomic E-state index is 12.3. The van der Waals surface area contributed by atoms with E-state index in [2.05, 4.69) is 77.4 Å². The molecule has 1 aliphatic carbocycles. The van der Waals surface area contributed by atoms with Gasteiger partial charge in [0, 0.05) is 79.1 Å². The summed E-state index contributed by atoms with van der Waals surface area (Å²) in [6, 6.07) is 8.57. The number of aromatic amines is 1. The van der Waals surface area contributed by atoms with E-state index in [1.165, 1.54) is 60.4 Å². The number of hydrogen-bond donors (Lipinski definition) is 1. The summed E-state index contributed by atoms with van der Waals surface area (Å²) >= 11 is 0. The summed E-state index contributed by atoms with van der Waals surface area (Å²) in [6.45, 7) is 18.6. The maximum Gasteiger partial charge on any atom is 0.245 e. The largest absolute Gasteiger partial charge is 0.491 e. The molecule has 2 unspecified atom stereocenters. The zero-order valence-electron chi connectivity index (χ0n) is 30.7. The van der Waals surface area contributed by atoms with Crippen LogP contribution in [0.1, 0.15) is 82.8 Å². The molecule has 2 aromatic carbocycles. The summed E-state index contributed by atoms with van der Waals surface area (Å²) in [5, 5.41) is 9.87. The van der Waals surface area contributed by atoms with Gasteiger partial charge < -0.3 is 19.4 Å². The summed E-state index contributed by atoms with van der Waals surface area (Å²) in [6.07, 6.45) is 11.6. The van der Waals surface area contributed by atoms with E-state index >= 15 is 0 Å². The molecule has 6 heterocycles. The molecule has 0 bridgehead atoms. The summed E-state index contributed by atoms with van der Waals surface area (Å²) in [4.78, 5) is 32.8. The molecular weight excluding hydrogens is 637 g/mol. The highest BCUT2D eigenvalue weighted by atomic mass is 16.5. The number of benzene rings is 2. The van der Waals surface area contributed by atoms with Crippen LogP contribution in [0.2, 0.25) is 0 Å². The summed E-state index contributed by atoms with van der Waals surface area (Å²) < 4.78 is 6.77. The van der Waals surface area contributed by atoms with Gasteiger partial charge in [-0.05, 0) is 107 Å². The van der Waals surface area contributed by atoms with Crippen LogP contribution in [-0.4, -0.2) is 99.9 Å². The first kappa shape index (κ1) is 32.7. The van der Waals surface area contributed by atoms with Crippen molar-refractivity contribution in [1.82, 2.24) is 30.0 Å². The average Bonchev–Trinajstić information content (AvgIpc) is 3.73. The number of nitrogens with one attached hydrogen (secondary N) is 1. The number of likely N-dealkylation sites (tertiary alicyclic amines) is 2. The Morgan fingerprint density at radius 1 is 1.04 bits per heavy atom. The maximum absolute atomic E-state index is 12.3. The molecule has 4 aliphatic heterocycles. The van der Waals surface area contributed by atoms with Crippen molar-refractivity contribution in [2.24, 2.45) is 5.41 Å². The average molecular weight is 689 g/mol. The fourth-order valence-corrected chi connectivity index (χ4v) is 9.86.